The first-order valence-corrected chi connectivity index (χ1v) is 16.8. The monoisotopic (exact) mass is 587 g/mol. The highest BCUT2D eigenvalue weighted by molar-refractivity contribution is 5.94. The summed E-state index contributed by atoms with van der Waals surface area (Å²) < 4.78 is 18.6. The fourth-order valence-electron chi connectivity index (χ4n) is 10.7. The van der Waals surface area contributed by atoms with E-state index in [4.69, 9.17) is 14.2 Å². The second-order valence-corrected chi connectivity index (χ2v) is 15.1. The number of carbonyl (C=O) groups is 2. The summed E-state index contributed by atoms with van der Waals surface area (Å²) >= 11 is 0. The molecule has 0 bridgehead atoms. The predicted octanol–water partition coefficient (Wildman–Crippen LogP) is 7.48. The Kier molecular flexibility index (Phi) is 7.31. The number of likely N-dealkylation sites (tertiary alicyclic amines) is 1. The van der Waals surface area contributed by atoms with E-state index in [1.807, 2.05) is 35.2 Å². The molecule has 232 valence electrons. The summed E-state index contributed by atoms with van der Waals surface area (Å²) in [5.41, 5.74) is 3.96. The van der Waals surface area contributed by atoms with Gasteiger partial charge in [-0.15, -0.1) is 0 Å². The zero-order valence-corrected chi connectivity index (χ0v) is 26.6. The number of piperidine rings is 1. The molecule has 1 amide bonds. The van der Waals surface area contributed by atoms with Gasteiger partial charge in [0.25, 0.3) is 0 Å². The lowest BCUT2D eigenvalue weighted by Gasteiger charge is -2.50. The summed E-state index contributed by atoms with van der Waals surface area (Å²) in [4.78, 5) is 28.2. The number of nitrogens with zero attached hydrogens (tertiary/aromatic N) is 1. The van der Waals surface area contributed by atoms with Crippen LogP contribution >= 0.6 is 0 Å². The highest BCUT2D eigenvalue weighted by Crippen LogP contribution is 2.64. The van der Waals surface area contributed by atoms with Gasteiger partial charge in [0.2, 0.25) is 0 Å². The lowest BCUT2D eigenvalue weighted by Crippen LogP contribution is -2.54. The molecule has 43 heavy (non-hydrogen) atoms. The average molecular weight is 588 g/mol. The number of hydrogen-bond donors (Lipinski definition) is 0. The predicted molar refractivity (Wildman–Crippen MR) is 165 cm³/mol. The Balaban J connectivity index is 1.12. The van der Waals surface area contributed by atoms with Crippen molar-refractivity contribution in [2.75, 3.05) is 13.7 Å². The van der Waals surface area contributed by atoms with E-state index >= 15 is 0 Å². The first kappa shape index (κ1) is 29.1. The third-order valence-corrected chi connectivity index (χ3v) is 12.9. The molecule has 2 saturated carbocycles. The lowest BCUT2D eigenvalue weighted by molar-refractivity contribution is -0.123. The fraction of sp³-hybridized carbons (Fsp3) is 0.676. The van der Waals surface area contributed by atoms with Crippen LogP contribution in [0.1, 0.15) is 84.6 Å². The van der Waals surface area contributed by atoms with Gasteiger partial charge in [-0.3, -0.25) is 4.79 Å². The van der Waals surface area contributed by atoms with E-state index in [-0.39, 0.29) is 41.0 Å². The van der Waals surface area contributed by atoms with Crippen LogP contribution in [0, 0.1) is 40.9 Å². The quantitative estimate of drug-likeness (QED) is 0.343. The SMILES string of the molecule is COC1=C[C@@]2(C)[C@H](CC[C@H]3[C@@H]4CC[C@@]5(CC(C)=C4C[C@@H]32)O[C@@H]2C[C@H](C)CN(C(=O)OCc3ccccc3)[C@H]2[C@H]5C)CC1=O. The van der Waals surface area contributed by atoms with Gasteiger partial charge in [0.15, 0.2) is 11.5 Å². The van der Waals surface area contributed by atoms with Gasteiger partial charge < -0.3 is 19.1 Å². The van der Waals surface area contributed by atoms with Crippen molar-refractivity contribution in [1.82, 2.24) is 4.90 Å². The molecule has 1 aromatic rings. The summed E-state index contributed by atoms with van der Waals surface area (Å²) in [5.74, 6) is 3.59. The van der Waals surface area contributed by atoms with Crippen LogP contribution < -0.4 is 0 Å². The number of allylic oxidation sites excluding steroid dienone is 3. The number of carbonyl (C=O) groups excluding carboxylic acids is 2. The Morgan fingerprint density at radius 1 is 1.12 bits per heavy atom. The third kappa shape index (κ3) is 4.69. The van der Waals surface area contributed by atoms with E-state index in [9.17, 15) is 9.59 Å². The van der Waals surface area contributed by atoms with Crippen LogP contribution in [0.2, 0.25) is 0 Å². The number of amides is 1. The van der Waals surface area contributed by atoms with Crippen LogP contribution in [0.15, 0.2) is 53.3 Å². The number of ether oxygens (including phenoxy) is 3. The number of methoxy groups -OCH3 is 1. The van der Waals surface area contributed by atoms with Crippen molar-refractivity contribution in [2.24, 2.45) is 40.9 Å². The molecule has 2 heterocycles. The number of hydrogen-bond acceptors (Lipinski definition) is 5. The summed E-state index contributed by atoms with van der Waals surface area (Å²) in [5, 5.41) is 0. The summed E-state index contributed by atoms with van der Waals surface area (Å²) in [6, 6.07) is 10.00. The molecule has 10 atom stereocenters. The molecular weight excluding hydrogens is 538 g/mol. The average Bonchev–Trinajstić information content (AvgIpc) is 3.46. The molecule has 1 spiro atoms. The topological polar surface area (TPSA) is 65.1 Å². The van der Waals surface area contributed by atoms with E-state index in [1.165, 1.54) is 12.0 Å². The van der Waals surface area contributed by atoms with Crippen molar-refractivity contribution in [3.63, 3.8) is 0 Å². The fourth-order valence-corrected chi connectivity index (χ4v) is 10.7. The van der Waals surface area contributed by atoms with Crippen molar-refractivity contribution >= 4 is 11.9 Å². The van der Waals surface area contributed by atoms with E-state index in [0.717, 1.165) is 50.6 Å². The van der Waals surface area contributed by atoms with Crippen molar-refractivity contribution < 1.29 is 23.8 Å². The van der Waals surface area contributed by atoms with E-state index in [2.05, 4.69) is 33.8 Å². The van der Waals surface area contributed by atoms with E-state index in [1.54, 1.807) is 12.7 Å². The van der Waals surface area contributed by atoms with Crippen molar-refractivity contribution in [1.29, 1.82) is 0 Å². The number of benzene rings is 1. The van der Waals surface area contributed by atoms with Crippen molar-refractivity contribution in [3.8, 4) is 0 Å². The third-order valence-electron chi connectivity index (χ3n) is 12.9. The second-order valence-electron chi connectivity index (χ2n) is 15.1. The molecule has 6 aliphatic rings. The molecule has 2 aliphatic heterocycles. The van der Waals surface area contributed by atoms with E-state index < -0.39 is 0 Å². The van der Waals surface area contributed by atoms with Crippen LogP contribution in [0.3, 0.4) is 0 Å². The summed E-state index contributed by atoms with van der Waals surface area (Å²) in [6.45, 7) is 10.4. The normalized spacial score (nSPS) is 42.0. The molecule has 4 fully saturated rings. The second kappa shape index (κ2) is 10.8. The molecule has 0 radical (unpaired) electrons. The van der Waals surface area contributed by atoms with Crippen molar-refractivity contribution in [2.45, 2.75) is 103 Å². The minimum absolute atomic E-state index is 0.0161. The van der Waals surface area contributed by atoms with Gasteiger partial charge in [-0.25, -0.2) is 4.79 Å². The molecule has 0 unspecified atom stereocenters. The Morgan fingerprint density at radius 2 is 1.91 bits per heavy atom. The summed E-state index contributed by atoms with van der Waals surface area (Å²) in [6.07, 6.45) is 10.3. The van der Waals surface area contributed by atoms with Gasteiger partial charge in [0.1, 0.15) is 6.61 Å². The number of rotatable bonds is 3. The Morgan fingerprint density at radius 3 is 2.67 bits per heavy atom. The number of Topliss-reactive ketones (excluding diaryl/α,β-unsaturated/α-hetero) is 1. The first-order valence-electron chi connectivity index (χ1n) is 16.8. The highest BCUT2D eigenvalue weighted by atomic mass is 16.6. The Hall–Kier alpha value is -2.60. The number of ketones is 1. The molecule has 0 aromatic heterocycles. The van der Waals surface area contributed by atoms with Crippen LogP contribution in [0.5, 0.6) is 0 Å². The largest absolute Gasteiger partial charge is 0.493 e. The zero-order valence-electron chi connectivity index (χ0n) is 26.6. The Bertz CT molecular complexity index is 1340. The minimum Gasteiger partial charge on any atom is -0.493 e. The molecule has 1 aromatic carbocycles. The maximum Gasteiger partial charge on any atom is 0.410 e. The maximum absolute atomic E-state index is 13.5. The van der Waals surface area contributed by atoms with Crippen LogP contribution in [0.25, 0.3) is 0 Å². The highest BCUT2D eigenvalue weighted by Gasteiger charge is 2.61. The zero-order chi connectivity index (χ0) is 30.1. The van der Waals surface area contributed by atoms with E-state index in [0.29, 0.717) is 48.4 Å². The molecule has 0 N–H and O–H groups in total. The molecule has 6 heteroatoms. The lowest BCUT2D eigenvalue weighted by atomic mass is 9.54. The standard InChI is InChI=1S/C37H49NO5/c1-22-15-32-34(38(20-22)35(40)42-21-25-9-7-6-8-10-25)24(3)37(43-32)14-13-27-28-12-11-26-16-31(39)33(41-5)19-36(26,4)30(28)17-29(27)23(2)18-37/h6-10,19,22,24,26-28,30,32,34H,11-18,20-21H2,1-5H3/t22-,24+,26+,27-,28-,30-,32+,34-,36-,37-/m0/s1. The van der Waals surface area contributed by atoms with Gasteiger partial charge in [-0.1, -0.05) is 62.2 Å². The molecule has 4 aliphatic carbocycles. The molecule has 6 nitrogen and oxygen atoms in total. The minimum atomic E-state index is -0.240. The van der Waals surface area contributed by atoms with Crippen LogP contribution in [-0.2, 0) is 25.6 Å². The smallest absolute Gasteiger partial charge is 0.410 e. The van der Waals surface area contributed by atoms with Crippen LogP contribution in [0.4, 0.5) is 4.79 Å². The van der Waals surface area contributed by atoms with Gasteiger partial charge in [0.05, 0.1) is 24.9 Å². The van der Waals surface area contributed by atoms with Gasteiger partial charge >= 0.3 is 6.09 Å². The van der Waals surface area contributed by atoms with Crippen molar-refractivity contribution in [3.05, 3.63) is 58.9 Å². The molecule has 2 saturated heterocycles. The van der Waals surface area contributed by atoms with Crippen LogP contribution in [-0.4, -0.2) is 48.2 Å². The van der Waals surface area contributed by atoms with Gasteiger partial charge in [-0.05, 0) is 98.5 Å². The maximum atomic E-state index is 13.5. The molecule has 7 rings (SSSR count). The Labute approximate surface area is 257 Å². The number of fused-ring (bicyclic) bond motifs is 6. The van der Waals surface area contributed by atoms with Gasteiger partial charge in [-0.2, -0.15) is 0 Å². The molecular formula is C37H49NO5. The van der Waals surface area contributed by atoms with Gasteiger partial charge in [0, 0.05) is 18.9 Å². The first-order chi connectivity index (χ1) is 20.6. The summed E-state index contributed by atoms with van der Waals surface area (Å²) in [7, 11) is 1.64.